The van der Waals surface area contributed by atoms with E-state index in [2.05, 4.69) is 48.7 Å². The van der Waals surface area contributed by atoms with Crippen LogP contribution in [0.2, 0.25) is 0 Å². The number of nitrogens with one attached hydrogen (secondary N) is 2. The zero-order valence-electron chi connectivity index (χ0n) is 20.4. The van der Waals surface area contributed by atoms with E-state index < -0.39 is 11.9 Å². The number of hydrogen-bond acceptors (Lipinski definition) is 5. The fourth-order valence-corrected chi connectivity index (χ4v) is 5.35. The van der Waals surface area contributed by atoms with Gasteiger partial charge < -0.3 is 20.3 Å². The molecule has 2 N–H and O–H groups in total. The third-order valence-electron chi connectivity index (χ3n) is 6.81. The first kappa shape index (κ1) is 25.7. The largest absolute Gasteiger partial charge is 0.378 e. The third kappa shape index (κ3) is 6.84. The smallest absolute Gasteiger partial charge is 0.251 e. The van der Waals surface area contributed by atoms with Gasteiger partial charge in [-0.15, -0.1) is 0 Å². The lowest BCUT2D eigenvalue weighted by molar-refractivity contribution is -0.136. The van der Waals surface area contributed by atoms with Gasteiger partial charge in [-0.3, -0.25) is 9.59 Å². The topological polar surface area (TPSA) is 70.7 Å². The number of carbonyl (C=O) groups excluding carboxylic acids is 2. The number of rotatable bonds is 10. The summed E-state index contributed by atoms with van der Waals surface area (Å²) in [6.07, 6.45) is 1.12. The summed E-state index contributed by atoms with van der Waals surface area (Å²) in [5, 5.41) is 6.55. The molecule has 2 amide bonds. The standard InChI is InChI=1S/C27H34FN3O3S/c1-19-3-5-20(6-4-19)23-17-27(23,2)29-11-16-35-18-24(26(33)31-12-14-34-15-13-31)30-25(32)21-7-9-22(28)10-8-21/h3-10,23-24,29H,11-18H2,1-2H3,(H,30,32). The molecule has 6 nitrogen and oxygen atoms in total. The van der Waals surface area contributed by atoms with Gasteiger partial charge >= 0.3 is 0 Å². The Morgan fingerprint density at radius 3 is 2.51 bits per heavy atom. The lowest BCUT2D eigenvalue weighted by Crippen LogP contribution is -2.53. The van der Waals surface area contributed by atoms with Gasteiger partial charge in [-0.25, -0.2) is 4.39 Å². The first-order chi connectivity index (χ1) is 16.9. The van der Waals surface area contributed by atoms with E-state index in [-0.39, 0.29) is 17.4 Å². The van der Waals surface area contributed by atoms with E-state index in [1.165, 1.54) is 35.4 Å². The number of nitrogens with zero attached hydrogens (tertiary/aromatic N) is 1. The number of ether oxygens (including phenoxy) is 1. The minimum absolute atomic E-state index is 0.0992. The summed E-state index contributed by atoms with van der Waals surface area (Å²) in [5.41, 5.74) is 3.09. The number of amides is 2. The Bertz CT molecular complexity index is 1010. The highest BCUT2D eigenvalue weighted by atomic mass is 32.2. The molecule has 3 atom stereocenters. The maximum absolute atomic E-state index is 13.2. The molecule has 4 rings (SSSR count). The quantitative estimate of drug-likeness (QED) is 0.491. The Morgan fingerprint density at radius 1 is 1.14 bits per heavy atom. The van der Waals surface area contributed by atoms with Crippen LogP contribution >= 0.6 is 11.8 Å². The second-order valence-corrected chi connectivity index (χ2v) is 10.7. The molecule has 1 aliphatic carbocycles. The third-order valence-corrected chi connectivity index (χ3v) is 7.87. The van der Waals surface area contributed by atoms with Crippen LogP contribution in [0.15, 0.2) is 48.5 Å². The molecule has 0 aromatic heterocycles. The van der Waals surface area contributed by atoms with Gasteiger partial charge in [0.1, 0.15) is 11.9 Å². The molecule has 1 heterocycles. The van der Waals surface area contributed by atoms with Crippen molar-refractivity contribution >= 4 is 23.6 Å². The first-order valence-electron chi connectivity index (χ1n) is 12.2. The molecule has 0 radical (unpaired) electrons. The fourth-order valence-electron chi connectivity index (χ4n) is 4.48. The monoisotopic (exact) mass is 499 g/mol. The number of benzene rings is 2. The SMILES string of the molecule is Cc1ccc(C2CC2(C)NCCSCC(NC(=O)c2ccc(F)cc2)C(=O)N2CCOCC2)cc1. The number of thioether (sulfide) groups is 1. The van der Waals surface area contributed by atoms with Crippen LogP contribution in [0.5, 0.6) is 0 Å². The summed E-state index contributed by atoms with van der Waals surface area (Å²) in [6, 6.07) is 13.5. The summed E-state index contributed by atoms with van der Waals surface area (Å²) in [6.45, 7) is 7.23. The molecule has 2 aliphatic rings. The number of aryl methyl sites for hydroxylation is 1. The second-order valence-electron chi connectivity index (χ2n) is 9.56. The van der Waals surface area contributed by atoms with E-state index in [9.17, 15) is 14.0 Å². The first-order valence-corrected chi connectivity index (χ1v) is 13.3. The van der Waals surface area contributed by atoms with Crippen molar-refractivity contribution in [2.45, 2.75) is 37.8 Å². The molecule has 2 aromatic carbocycles. The molecular weight excluding hydrogens is 465 g/mol. The number of hydrogen-bond donors (Lipinski definition) is 2. The molecule has 3 unspecified atom stereocenters. The van der Waals surface area contributed by atoms with Gasteiger partial charge in [-0.2, -0.15) is 11.8 Å². The van der Waals surface area contributed by atoms with Crippen LogP contribution in [0, 0.1) is 12.7 Å². The molecule has 2 aromatic rings. The molecule has 0 bridgehead atoms. The average Bonchev–Trinajstić information content (AvgIpc) is 3.55. The highest BCUT2D eigenvalue weighted by Crippen LogP contribution is 2.51. The maximum Gasteiger partial charge on any atom is 0.251 e. The molecule has 1 saturated carbocycles. The van der Waals surface area contributed by atoms with E-state index in [0.29, 0.717) is 43.5 Å². The van der Waals surface area contributed by atoms with Crippen LogP contribution in [-0.4, -0.2) is 72.6 Å². The van der Waals surface area contributed by atoms with Crippen LogP contribution < -0.4 is 10.6 Å². The summed E-state index contributed by atoms with van der Waals surface area (Å²) in [7, 11) is 0. The van der Waals surface area contributed by atoms with Crippen LogP contribution in [0.25, 0.3) is 0 Å². The summed E-state index contributed by atoms with van der Waals surface area (Å²) >= 11 is 1.64. The van der Waals surface area contributed by atoms with Crippen molar-refractivity contribution in [1.82, 2.24) is 15.5 Å². The van der Waals surface area contributed by atoms with Crippen molar-refractivity contribution in [3.05, 3.63) is 71.0 Å². The average molecular weight is 500 g/mol. The van der Waals surface area contributed by atoms with Crippen molar-refractivity contribution < 1.29 is 18.7 Å². The highest BCUT2D eigenvalue weighted by Gasteiger charge is 2.50. The van der Waals surface area contributed by atoms with E-state index in [4.69, 9.17) is 4.74 Å². The Hall–Kier alpha value is -2.42. The minimum atomic E-state index is -0.646. The van der Waals surface area contributed by atoms with Gasteiger partial charge in [0.15, 0.2) is 0 Å². The van der Waals surface area contributed by atoms with Crippen LogP contribution in [0.3, 0.4) is 0 Å². The van der Waals surface area contributed by atoms with Crippen molar-refractivity contribution in [1.29, 1.82) is 0 Å². The summed E-state index contributed by atoms with van der Waals surface area (Å²) in [5.74, 6) is 0.955. The summed E-state index contributed by atoms with van der Waals surface area (Å²) < 4.78 is 18.6. The fraction of sp³-hybridized carbons (Fsp3) is 0.481. The molecule has 1 aliphatic heterocycles. The molecule has 188 valence electrons. The second kappa shape index (κ2) is 11.5. The van der Waals surface area contributed by atoms with Crippen molar-refractivity contribution in [2.75, 3.05) is 44.4 Å². The van der Waals surface area contributed by atoms with Crippen molar-refractivity contribution in [2.24, 2.45) is 0 Å². The zero-order chi connectivity index (χ0) is 24.8. The lowest BCUT2D eigenvalue weighted by Gasteiger charge is -2.30. The normalized spacial score (nSPS) is 22.5. The predicted octanol–water partition coefficient (Wildman–Crippen LogP) is 3.36. The van der Waals surface area contributed by atoms with Gasteiger partial charge in [-0.05, 0) is 50.1 Å². The number of carbonyl (C=O) groups is 2. The van der Waals surface area contributed by atoms with E-state index in [1.54, 1.807) is 16.7 Å². The van der Waals surface area contributed by atoms with Gasteiger partial charge in [0.25, 0.3) is 5.91 Å². The molecule has 8 heteroatoms. The van der Waals surface area contributed by atoms with Crippen LogP contribution in [-0.2, 0) is 9.53 Å². The molecule has 1 saturated heterocycles. The Morgan fingerprint density at radius 2 is 1.83 bits per heavy atom. The Labute approximate surface area is 211 Å². The predicted molar refractivity (Wildman–Crippen MR) is 137 cm³/mol. The molecule has 0 spiro atoms. The van der Waals surface area contributed by atoms with Gasteiger partial charge in [0, 0.05) is 48.2 Å². The Kier molecular flexibility index (Phi) is 8.46. The van der Waals surface area contributed by atoms with E-state index in [0.717, 1.165) is 18.7 Å². The van der Waals surface area contributed by atoms with Crippen molar-refractivity contribution in [3.8, 4) is 0 Å². The van der Waals surface area contributed by atoms with Gasteiger partial charge in [0.05, 0.1) is 13.2 Å². The van der Waals surface area contributed by atoms with E-state index in [1.807, 2.05) is 0 Å². The number of morpholine rings is 1. The lowest BCUT2D eigenvalue weighted by atomic mass is 10.1. The van der Waals surface area contributed by atoms with Crippen LogP contribution in [0.4, 0.5) is 4.39 Å². The molecule has 35 heavy (non-hydrogen) atoms. The maximum atomic E-state index is 13.2. The van der Waals surface area contributed by atoms with Gasteiger partial charge in [-0.1, -0.05) is 29.8 Å². The molecule has 2 fully saturated rings. The minimum Gasteiger partial charge on any atom is -0.378 e. The number of halogens is 1. The molecular formula is C27H34FN3O3S. The van der Waals surface area contributed by atoms with E-state index >= 15 is 0 Å². The highest BCUT2D eigenvalue weighted by molar-refractivity contribution is 7.99. The van der Waals surface area contributed by atoms with Crippen LogP contribution in [0.1, 0.15) is 40.7 Å². The Balaban J connectivity index is 1.27. The summed E-state index contributed by atoms with van der Waals surface area (Å²) in [4.78, 5) is 27.6. The van der Waals surface area contributed by atoms with Gasteiger partial charge in [0.2, 0.25) is 5.91 Å². The zero-order valence-corrected chi connectivity index (χ0v) is 21.2. The van der Waals surface area contributed by atoms with Crippen molar-refractivity contribution in [3.63, 3.8) is 0 Å².